The highest BCUT2D eigenvalue weighted by atomic mass is 16.5. The zero-order valence-corrected chi connectivity index (χ0v) is 9.50. The van der Waals surface area contributed by atoms with Gasteiger partial charge in [0.15, 0.2) is 0 Å². The van der Waals surface area contributed by atoms with Crippen molar-refractivity contribution < 1.29 is 9.84 Å². The molecule has 1 fully saturated rings. The summed E-state index contributed by atoms with van der Waals surface area (Å²) in [5, 5.41) is 15.3. The molecule has 15 heavy (non-hydrogen) atoms. The van der Waals surface area contributed by atoms with E-state index in [1.165, 1.54) is 6.42 Å². The van der Waals surface area contributed by atoms with E-state index in [2.05, 4.69) is 10.6 Å². The Labute approximate surface area is 92.4 Å². The van der Waals surface area contributed by atoms with Crippen LogP contribution in [0.3, 0.4) is 0 Å². The Kier molecular flexibility index (Phi) is 7.83. The molecule has 0 spiro atoms. The van der Waals surface area contributed by atoms with E-state index < -0.39 is 0 Å². The number of aliphatic hydroxyl groups excluding tert-OH is 1. The number of unbranched alkanes of at least 4 members (excludes halogenated alkanes) is 1. The monoisotopic (exact) mass is 216 g/mol. The van der Waals surface area contributed by atoms with Crippen molar-refractivity contribution >= 4 is 0 Å². The van der Waals surface area contributed by atoms with Crippen molar-refractivity contribution in [2.45, 2.75) is 31.8 Å². The van der Waals surface area contributed by atoms with Gasteiger partial charge in [0.25, 0.3) is 0 Å². The first-order valence-electron chi connectivity index (χ1n) is 6.07. The molecule has 1 unspecified atom stereocenters. The average molecular weight is 216 g/mol. The van der Waals surface area contributed by atoms with Gasteiger partial charge in [0.1, 0.15) is 0 Å². The van der Waals surface area contributed by atoms with E-state index >= 15 is 0 Å². The molecular formula is C11H24N2O2. The number of aliphatic hydroxyl groups is 1. The zero-order chi connectivity index (χ0) is 10.8. The summed E-state index contributed by atoms with van der Waals surface area (Å²) in [6, 6.07) is 0. The Morgan fingerprint density at radius 2 is 2.13 bits per heavy atom. The predicted octanol–water partition coefficient (Wildman–Crippen LogP) is 0.117. The smallest absolute Gasteiger partial charge is 0.0700 e. The maximum Gasteiger partial charge on any atom is 0.0700 e. The minimum Gasteiger partial charge on any atom is -0.396 e. The van der Waals surface area contributed by atoms with Crippen molar-refractivity contribution in [3.8, 4) is 0 Å². The zero-order valence-electron chi connectivity index (χ0n) is 9.50. The lowest BCUT2D eigenvalue weighted by Crippen LogP contribution is -2.38. The lowest BCUT2D eigenvalue weighted by atomic mass is 10.2. The Hall–Kier alpha value is -0.160. The van der Waals surface area contributed by atoms with Gasteiger partial charge in [-0.25, -0.2) is 0 Å². The third-order valence-electron chi connectivity index (χ3n) is 2.65. The second-order valence-corrected chi connectivity index (χ2v) is 4.02. The third-order valence-corrected chi connectivity index (χ3v) is 2.65. The molecule has 0 radical (unpaired) electrons. The minimum absolute atomic E-state index is 0.309. The quantitative estimate of drug-likeness (QED) is 0.504. The Balaban J connectivity index is 1.79. The molecule has 0 amide bonds. The van der Waals surface area contributed by atoms with Crippen LogP contribution in [0.2, 0.25) is 0 Å². The molecule has 4 nitrogen and oxygen atoms in total. The highest BCUT2D eigenvalue weighted by Gasteiger charge is 2.11. The number of morpholine rings is 1. The molecular weight excluding hydrogens is 192 g/mol. The number of hydrogen-bond donors (Lipinski definition) is 3. The van der Waals surface area contributed by atoms with Gasteiger partial charge in [-0.05, 0) is 38.8 Å². The van der Waals surface area contributed by atoms with Crippen LogP contribution in [0.15, 0.2) is 0 Å². The van der Waals surface area contributed by atoms with Gasteiger partial charge in [-0.3, -0.25) is 0 Å². The lowest BCUT2D eigenvalue weighted by molar-refractivity contribution is 0.0225. The van der Waals surface area contributed by atoms with E-state index in [0.717, 1.165) is 52.0 Å². The van der Waals surface area contributed by atoms with Gasteiger partial charge in [-0.2, -0.15) is 0 Å². The number of ether oxygens (including phenoxy) is 1. The average Bonchev–Trinajstić information content (AvgIpc) is 2.29. The van der Waals surface area contributed by atoms with Crippen LogP contribution in [0.5, 0.6) is 0 Å². The predicted molar refractivity (Wildman–Crippen MR) is 61.0 cm³/mol. The summed E-state index contributed by atoms with van der Waals surface area (Å²) in [5.74, 6) is 0. The molecule has 0 aromatic carbocycles. The van der Waals surface area contributed by atoms with Crippen LogP contribution in [-0.2, 0) is 4.74 Å². The van der Waals surface area contributed by atoms with E-state index in [0.29, 0.717) is 12.7 Å². The molecule has 1 atom stereocenters. The molecule has 1 aliphatic rings. The summed E-state index contributed by atoms with van der Waals surface area (Å²) >= 11 is 0. The minimum atomic E-state index is 0.309. The maximum absolute atomic E-state index is 8.59. The van der Waals surface area contributed by atoms with E-state index in [9.17, 15) is 0 Å². The summed E-state index contributed by atoms with van der Waals surface area (Å²) in [5.41, 5.74) is 0. The Morgan fingerprint density at radius 1 is 1.27 bits per heavy atom. The number of nitrogens with one attached hydrogen (secondary N) is 2. The van der Waals surface area contributed by atoms with Crippen molar-refractivity contribution in [2.75, 3.05) is 39.4 Å². The first-order valence-corrected chi connectivity index (χ1v) is 6.07. The molecule has 4 heteroatoms. The van der Waals surface area contributed by atoms with Gasteiger partial charge >= 0.3 is 0 Å². The molecule has 1 aliphatic heterocycles. The van der Waals surface area contributed by atoms with E-state index in [1.807, 2.05) is 0 Å². The lowest BCUT2D eigenvalue weighted by Gasteiger charge is -2.23. The fourth-order valence-electron chi connectivity index (χ4n) is 1.75. The first-order chi connectivity index (χ1) is 7.43. The SMILES string of the molecule is OCCCCNCCCC1CNCCO1. The van der Waals surface area contributed by atoms with Crippen LogP contribution in [0, 0.1) is 0 Å². The molecule has 0 aromatic rings. The van der Waals surface area contributed by atoms with Crippen molar-refractivity contribution in [1.29, 1.82) is 0 Å². The summed E-state index contributed by atoms with van der Waals surface area (Å²) in [7, 11) is 0. The van der Waals surface area contributed by atoms with Gasteiger partial charge < -0.3 is 20.5 Å². The van der Waals surface area contributed by atoms with E-state index in [4.69, 9.17) is 9.84 Å². The van der Waals surface area contributed by atoms with Gasteiger partial charge in [0, 0.05) is 19.7 Å². The maximum atomic E-state index is 8.59. The van der Waals surface area contributed by atoms with Crippen LogP contribution in [0.1, 0.15) is 25.7 Å². The van der Waals surface area contributed by atoms with E-state index in [1.54, 1.807) is 0 Å². The van der Waals surface area contributed by atoms with Crippen LogP contribution in [-0.4, -0.2) is 50.6 Å². The molecule has 90 valence electrons. The number of rotatable bonds is 8. The van der Waals surface area contributed by atoms with Crippen LogP contribution in [0.4, 0.5) is 0 Å². The van der Waals surface area contributed by atoms with E-state index in [-0.39, 0.29) is 0 Å². The van der Waals surface area contributed by atoms with Gasteiger partial charge in [-0.15, -0.1) is 0 Å². The third kappa shape index (κ3) is 6.84. The summed E-state index contributed by atoms with van der Waals surface area (Å²) in [6.07, 6.45) is 4.70. The van der Waals surface area contributed by atoms with Crippen molar-refractivity contribution in [3.63, 3.8) is 0 Å². The van der Waals surface area contributed by atoms with Crippen LogP contribution in [0.25, 0.3) is 0 Å². The fourth-order valence-corrected chi connectivity index (χ4v) is 1.75. The largest absolute Gasteiger partial charge is 0.396 e. The molecule has 1 saturated heterocycles. The Bertz CT molecular complexity index is 139. The van der Waals surface area contributed by atoms with Crippen LogP contribution >= 0.6 is 0 Å². The highest BCUT2D eigenvalue weighted by Crippen LogP contribution is 2.03. The first kappa shape index (κ1) is 12.9. The standard InChI is InChI=1S/C11H24N2O2/c14-8-2-1-5-12-6-3-4-11-10-13-7-9-15-11/h11-14H,1-10H2. The topological polar surface area (TPSA) is 53.5 Å². The van der Waals surface area contributed by atoms with Gasteiger partial charge in [-0.1, -0.05) is 0 Å². The molecule has 1 rings (SSSR count). The van der Waals surface area contributed by atoms with Crippen LogP contribution < -0.4 is 10.6 Å². The molecule has 3 N–H and O–H groups in total. The molecule has 0 aromatic heterocycles. The van der Waals surface area contributed by atoms with Crippen molar-refractivity contribution in [2.24, 2.45) is 0 Å². The number of hydrogen-bond acceptors (Lipinski definition) is 4. The van der Waals surface area contributed by atoms with Crippen molar-refractivity contribution in [3.05, 3.63) is 0 Å². The second-order valence-electron chi connectivity index (χ2n) is 4.02. The Morgan fingerprint density at radius 3 is 2.87 bits per heavy atom. The summed E-state index contributed by atoms with van der Waals surface area (Å²) < 4.78 is 5.60. The molecule has 0 aliphatic carbocycles. The molecule has 0 bridgehead atoms. The van der Waals surface area contributed by atoms with Crippen molar-refractivity contribution in [1.82, 2.24) is 10.6 Å². The van der Waals surface area contributed by atoms with Gasteiger partial charge in [0.2, 0.25) is 0 Å². The fraction of sp³-hybridized carbons (Fsp3) is 1.00. The molecule has 0 saturated carbocycles. The second kappa shape index (κ2) is 9.09. The summed E-state index contributed by atoms with van der Waals surface area (Å²) in [4.78, 5) is 0. The van der Waals surface area contributed by atoms with Gasteiger partial charge in [0.05, 0.1) is 12.7 Å². The highest BCUT2D eigenvalue weighted by molar-refractivity contribution is 4.67. The normalized spacial score (nSPS) is 21.8. The molecule has 1 heterocycles. The summed E-state index contributed by atoms with van der Waals surface area (Å²) in [6.45, 7) is 5.24.